The van der Waals surface area contributed by atoms with Crippen LogP contribution in [0.3, 0.4) is 0 Å². The molecule has 0 saturated carbocycles. The van der Waals surface area contributed by atoms with Crippen molar-refractivity contribution in [2.75, 3.05) is 19.6 Å². The third-order valence-corrected chi connectivity index (χ3v) is 4.51. The van der Waals surface area contributed by atoms with Gasteiger partial charge in [-0.25, -0.2) is 17.5 Å². The largest absolute Gasteiger partial charge is 0.313 e. The van der Waals surface area contributed by atoms with Crippen LogP contribution in [0.5, 0.6) is 0 Å². The second kappa shape index (κ2) is 7.17. The highest BCUT2D eigenvalue weighted by Gasteiger charge is 2.20. The molecular formula is C13H18ClFN2O2S. The van der Waals surface area contributed by atoms with Gasteiger partial charge in [-0.2, -0.15) is 0 Å². The van der Waals surface area contributed by atoms with Gasteiger partial charge in [-0.05, 0) is 31.5 Å². The van der Waals surface area contributed by atoms with E-state index in [1.54, 1.807) is 13.0 Å². The van der Waals surface area contributed by atoms with Crippen LogP contribution in [0.2, 0.25) is 0 Å². The zero-order valence-electron chi connectivity index (χ0n) is 11.1. The minimum Gasteiger partial charge on any atom is -0.313 e. The molecule has 20 heavy (non-hydrogen) atoms. The van der Waals surface area contributed by atoms with Crippen LogP contribution >= 0.6 is 12.4 Å². The van der Waals surface area contributed by atoms with Crippen LogP contribution in [0.4, 0.5) is 4.39 Å². The van der Waals surface area contributed by atoms with Crippen molar-refractivity contribution >= 4 is 22.4 Å². The van der Waals surface area contributed by atoms with Crippen LogP contribution in [0.1, 0.15) is 12.0 Å². The molecule has 0 aromatic heterocycles. The van der Waals surface area contributed by atoms with Crippen LogP contribution in [-0.4, -0.2) is 28.1 Å². The second-order valence-corrected chi connectivity index (χ2v) is 6.26. The molecule has 2 N–H and O–H groups in total. The molecule has 0 atom stereocenters. The summed E-state index contributed by atoms with van der Waals surface area (Å²) >= 11 is 0. The van der Waals surface area contributed by atoms with Crippen molar-refractivity contribution in [2.45, 2.75) is 18.2 Å². The lowest BCUT2D eigenvalue weighted by atomic mass is 10.1. The number of halogens is 2. The first-order valence-electron chi connectivity index (χ1n) is 6.14. The highest BCUT2D eigenvalue weighted by molar-refractivity contribution is 7.89. The molecule has 4 nitrogen and oxygen atoms in total. The van der Waals surface area contributed by atoms with Crippen molar-refractivity contribution in [1.29, 1.82) is 0 Å². The van der Waals surface area contributed by atoms with Gasteiger partial charge in [-0.1, -0.05) is 23.8 Å². The van der Waals surface area contributed by atoms with Crippen molar-refractivity contribution < 1.29 is 12.8 Å². The number of hydrogen-bond acceptors (Lipinski definition) is 3. The summed E-state index contributed by atoms with van der Waals surface area (Å²) in [5.41, 5.74) is 1.35. The van der Waals surface area contributed by atoms with Gasteiger partial charge in [0, 0.05) is 13.1 Å². The van der Waals surface area contributed by atoms with Crippen LogP contribution in [0, 0.1) is 12.7 Å². The van der Waals surface area contributed by atoms with E-state index in [0.717, 1.165) is 25.1 Å². The van der Waals surface area contributed by atoms with Crippen LogP contribution < -0.4 is 10.0 Å². The van der Waals surface area contributed by atoms with E-state index in [1.165, 1.54) is 12.1 Å². The zero-order chi connectivity index (χ0) is 13.9. The van der Waals surface area contributed by atoms with Gasteiger partial charge in [0.2, 0.25) is 10.0 Å². The van der Waals surface area contributed by atoms with Gasteiger partial charge in [-0.3, -0.25) is 0 Å². The zero-order valence-corrected chi connectivity index (χ0v) is 12.8. The summed E-state index contributed by atoms with van der Waals surface area (Å²) in [6, 6.07) is 4.36. The molecule has 1 aromatic carbocycles. The quantitative estimate of drug-likeness (QED) is 0.831. The summed E-state index contributed by atoms with van der Waals surface area (Å²) < 4.78 is 40.4. The Morgan fingerprint density at radius 3 is 2.80 bits per heavy atom. The molecule has 0 radical (unpaired) electrons. The third-order valence-electron chi connectivity index (χ3n) is 3.09. The maximum atomic E-state index is 13.8. The van der Waals surface area contributed by atoms with Gasteiger partial charge >= 0.3 is 0 Å². The van der Waals surface area contributed by atoms with Gasteiger partial charge < -0.3 is 5.32 Å². The molecule has 7 heteroatoms. The highest BCUT2D eigenvalue weighted by atomic mass is 35.5. The lowest BCUT2D eigenvalue weighted by molar-refractivity contribution is 0.554. The van der Waals surface area contributed by atoms with Gasteiger partial charge in [-0.15, -0.1) is 12.4 Å². The third kappa shape index (κ3) is 4.02. The molecule has 0 spiro atoms. The van der Waals surface area contributed by atoms with E-state index in [-0.39, 0.29) is 23.8 Å². The topological polar surface area (TPSA) is 58.2 Å². The van der Waals surface area contributed by atoms with E-state index in [1.807, 2.05) is 6.08 Å². The maximum Gasteiger partial charge on any atom is 0.243 e. The first-order chi connectivity index (χ1) is 9.00. The SMILES string of the molecule is Cc1cccc(S(=O)(=O)NCC2=CCNCC2)c1F.Cl. The van der Waals surface area contributed by atoms with Crippen molar-refractivity contribution in [1.82, 2.24) is 10.0 Å². The summed E-state index contributed by atoms with van der Waals surface area (Å²) in [6.07, 6.45) is 2.76. The second-order valence-electron chi connectivity index (χ2n) is 4.53. The molecule has 0 amide bonds. The molecule has 2 rings (SSSR count). The first-order valence-corrected chi connectivity index (χ1v) is 7.62. The van der Waals surface area contributed by atoms with E-state index < -0.39 is 15.8 Å². The fourth-order valence-corrected chi connectivity index (χ4v) is 3.11. The molecule has 1 heterocycles. The van der Waals surface area contributed by atoms with Crippen LogP contribution in [0.15, 0.2) is 34.7 Å². The monoisotopic (exact) mass is 320 g/mol. The smallest absolute Gasteiger partial charge is 0.243 e. The van der Waals surface area contributed by atoms with Gasteiger partial charge in [0.1, 0.15) is 10.7 Å². The standard InChI is InChI=1S/C13H17FN2O2S.ClH/c1-10-3-2-4-12(13(10)14)19(17,18)16-9-11-5-7-15-8-6-11;/h2-5,15-16H,6-9H2,1H3;1H. The Labute approximate surface area is 124 Å². The van der Waals surface area contributed by atoms with Crippen LogP contribution in [0.25, 0.3) is 0 Å². The Kier molecular flexibility index (Phi) is 6.13. The fourth-order valence-electron chi connectivity index (χ4n) is 1.92. The van der Waals surface area contributed by atoms with Gasteiger partial charge in [0.05, 0.1) is 0 Å². The average molecular weight is 321 g/mol. The maximum absolute atomic E-state index is 13.8. The van der Waals surface area contributed by atoms with E-state index >= 15 is 0 Å². The minimum atomic E-state index is -3.80. The number of rotatable bonds is 4. The molecule has 112 valence electrons. The van der Waals surface area contributed by atoms with Crippen molar-refractivity contribution in [3.8, 4) is 0 Å². The summed E-state index contributed by atoms with van der Waals surface area (Å²) in [5, 5.41) is 3.15. The average Bonchev–Trinajstić information content (AvgIpc) is 2.41. The Balaban J connectivity index is 0.00000200. The number of benzene rings is 1. The predicted octanol–water partition coefficient (Wildman–Crippen LogP) is 1.75. The number of nitrogens with one attached hydrogen (secondary N) is 2. The molecule has 0 bridgehead atoms. The van der Waals surface area contributed by atoms with E-state index in [2.05, 4.69) is 10.0 Å². The molecule has 0 fully saturated rings. The lowest BCUT2D eigenvalue weighted by Crippen LogP contribution is -2.30. The summed E-state index contributed by atoms with van der Waals surface area (Å²) in [7, 11) is -3.80. The molecule has 1 aliphatic rings. The number of sulfonamides is 1. The van der Waals surface area contributed by atoms with E-state index in [0.29, 0.717) is 5.56 Å². The Hall–Kier alpha value is -0.950. The van der Waals surface area contributed by atoms with Crippen molar-refractivity contribution in [2.24, 2.45) is 0 Å². The normalized spacial score (nSPS) is 15.4. The lowest BCUT2D eigenvalue weighted by Gasteiger charge is -2.15. The molecule has 1 aliphatic heterocycles. The Morgan fingerprint density at radius 2 is 2.15 bits per heavy atom. The van der Waals surface area contributed by atoms with E-state index in [4.69, 9.17) is 0 Å². The highest BCUT2D eigenvalue weighted by Crippen LogP contribution is 2.17. The van der Waals surface area contributed by atoms with Crippen LogP contribution in [-0.2, 0) is 10.0 Å². The Morgan fingerprint density at radius 1 is 1.40 bits per heavy atom. The Bertz CT molecular complexity index is 602. The minimum absolute atomic E-state index is 0. The summed E-state index contributed by atoms with van der Waals surface area (Å²) in [6.45, 7) is 3.36. The molecule has 1 aromatic rings. The molecule has 0 unspecified atom stereocenters. The fraction of sp³-hybridized carbons (Fsp3) is 0.385. The van der Waals surface area contributed by atoms with E-state index in [9.17, 15) is 12.8 Å². The summed E-state index contributed by atoms with van der Waals surface area (Å²) in [4.78, 5) is -0.290. The van der Waals surface area contributed by atoms with Crippen molar-refractivity contribution in [3.63, 3.8) is 0 Å². The first kappa shape index (κ1) is 17.1. The molecule has 0 aliphatic carbocycles. The molecular weight excluding hydrogens is 303 g/mol. The van der Waals surface area contributed by atoms with Gasteiger partial charge in [0.25, 0.3) is 0 Å². The predicted molar refractivity (Wildman–Crippen MR) is 79.1 cm³/mol. The summed E-state index contributed by atoms with van der Waals surface area (Å²) in [5.74, 6) is -0.686. The molecule has 0 saturated heterocycles. The number of hydrogen-bond donors (Lipinski definition) is 2. The number of aryl methyl sites for hydroxylation is 1. The van der Waals surface area contributed by atoms with Crippen molar-refractivity contribution in [3.05, 3.63) is 41.2 Å². The van der Waals surface area contributed by atoms with Gasteiger partial charge in [0.15, 0.2) is 0 Å².